The van der Waals surface area contributed by atoms with Gasteiger partial charge in [0.25, 0.3) is 0 Å². The summed E-state index contributed by atoms with van der Waals surface area (Å²) >= 11 is 0. The minimum Gasteiger partial charge on any atom is -0.497 e. The van der Waals surface area contributed by atoms with Crippen molar-refractivity contribution in [1.29, 1.82) is 0 Å². The number of hydrogen-bond acceptors (Lipinski definition) is 6. The fraction of sp³-hybridized carbons (Fsp3) is 0.385. The van der Waals surface area contributed by atoms with Crippen molar-refractivity contribution in [2.45, 2.75) is 13.5 Å². The Balaban J connectivity index is 2.39. The molecule has 8 nitrogen and oxygen atoms in total. The number of rotatable bonds is 6. The molecule has 0 aliphatic rings. The summed E-state index contributed by atoms with van der Waals surface area (Å²) in [6.45, 7) is 1.77. The summed E-state index contributed by atoms with van der Waals surface area (Å²) in [6.07, 6.45) is 0. The highest BCUT2D eigenvalue weighted by Gasteiger charge is 2.19. The van der Waals surface area contributed by atoms with E-state index in [1.54, 1.807) is 32.2 Å². The van der Waals surface area contributed by atoms with Crippen LogP contribution in [-0.2, 0) is 11.3 Å². The van der Waals surface area contributed by atoms with Crippen molar-refractivity contribution in [3.8, 4) is 22.9 Å². The molecule has 0 amide bonds. The standard InChI is InChI=1S/C13H16N4O4/c1-8(13(18)19)7-17-12(14-15-16-17)10-5-4-9(20-2)6-11(10)21-3/h4-6,8H,7H2,1-3H3,(H,18,19). The van der Waals surface area contributed by atoms with Gasteiger partial charge in [0, 0.05) is 6.07 Å². The first-order valence-corrected chi connectivity index (χ1v) is 6.28. The van der Waals surface area contributed by atoms with Crippen LogP contribution in [0.2, 0.25) is 0 Å². The number of aliphatic carboxylic acids is 1. The Labute approximate surface area is 121 Å². The van der Waals surface area contributed by atoms with Gasteiger partial charge in [-0.15, -0.1) is 5.10 Å². The first kappa shape index (κ1) is 14.8. The van der Waals surface area contributed by atoms with Crippen molar-refractivity contribution < 1.29 is 19.4 Å². The summed E-state index contributed by atoms with van der Waals surface area (Å²) in [5.41, 5.74) is 0.667. The van der Waals surface area contributed by atoms with Crippen LogP contribution in [0.4, 0.5) is 0 Å². The van der Waals surface area contributed by atoms with Gasteiger partial charge in [-0.2, -0.15) is 0 Å². The number of carboxylic acids is 1. The monoisotopic (exact) mass is 292 g/mol. The van der Waals surface area contributed by atoms with Crippen LogP contribution in [0.3, 0.4) is 0 Å². The summed E-state index contributed by atoms with van der Waals surface area (Å²) < 4.78 is 11.9. The van der Waals surface area contributed by atoms with E-state index in [4.69, 9.17) is 14.6 Å². The Morgan fingerprint density at radius 1 is 1.38 bits per heavy atom. The molecule has 1 atom stereocenters. The van der Waals surface area contributed by atoms with Crippen LogP contribution in [0.5, 0.6) is 11.5 Å². The minimum atomic E-state index is -0.904. The normalized spacial score (nSPS) is 12.0. The largest absolute Gasteiger partial charge is 0.497 e. The van der Waals surface area contributed by atoms with E-state index in [1.165, 1.54) is 11.8 Å². The van der Waals surface area contributed by atoms with E-state index in [2.05, 4.69) is 15.5 Å². The summed E-state index contributed by atoms with van der Waals surface area (Å²) in [6, 6.07) is 5.25. The van der Waals surface area contributed by atoms with Gasteiger partial charge in [-0.05, 0) is 22.6 Å². The number of nitrogens with zero attached hydrogens (tertiary/aromatic N) is 4. The van der Waals surface area contributed by atoms with Crippen molar-refractivity contribution in [1.82, 2.24) is 20.2 Å². The van der Waals surface area contributed by atoms with Crippen molar-refractivity contribution in [2.24, 2.45) is 5.92 Å². The Kier molecular flexibility index (Phi) is 4.36. The molecule has 0 spiro atoms. The lowest BCUT2D eigenvalue weighted by Gasteiger charge is -2.11. The Morgan fingerprint density at radius 2 is 2.14 bits per heavy atom. The molecular weight excluding hydrogens is 276 g/mol. The second-order valence-electron chi connectivity index (χ2n) is 4.49. The molecule has 1 N–H and O–H groups in total. The van der Waals surface area contributed by atoms with E-state index in [0.717, 1.165) is 0 Å². The third-order valence-electron chi connectivity index (χ3n) is 3.05. The second-order valence-corrected chi connectivity index (χ2v) is 4.49. The molecule has 21 heavy (non-hydrogen) atoms. The summed E-state index contributed by atoms with van der Waals surface area (Å²) in [4.78, 5) is 11.0. The van der Waals surface area contributed by atoms with Crippen LogP contribution >= 0.6 is 0 Å². The lowest BCUT2D eigenvalue weighted by atomic mass is 10.1. The molecule has 2 aromatic rings. The van der Waals surface area contributed by atoms with Crippen LogP contribution in [0, 0.1) is 5.92 Å². The van der Waals surface area contributed by atoms with Crippen LogP contribution in [0.15, 0.2) is 18.2 Å². The zero-order valence-corrected chi connectivity index (χ0v) is 12.0. The van der Waals surface area contributed by atoms with Gasteiger partial charge in [0.15, 0.2) is 5.82 Å². The lowest BCUT2D eigenvalue weighted by Crippen LogP contribution is -2.18. The van der Waals surface area contributed by atoms with E-state index >= 15 is 0 Å². The van der Waals surface area contributed by atoms with Crippen LogP contribution in [0.1, 0.15) is 6.92 Å². The van der Waals surface area contributed by atoms with Gasteiger partial charge < -0.3 is 14.6 Å². The Bertz CT molecular complexity index is 641. The van der Waals surface area contributed by atoms with Crippen LogP contribution in [-0.4, -0.2) is 45.5 Å². The molecule has 1 aromatic heterocycles. The van der Waals surface area contributed by atoms with E-state index in [1.807, 2.05) is 0 Å². The molecule has 0 saturated carbocycles. The predicted octanol–water partition coefficient (Wildman–Crippen LogP) is 1.08. The van der Waals surface area contributed by atoms with Gasteiger partial charge in [-0.3, -0.25) is 4.79 Å². The molecule has 1 unspecified atom stereocenters. The maximum atomic E-state index is 11.0. The fourth-order valence-electron chi connectivity index (χ4n) is 1.84. The molecule has 8 heteroatoms. The van der Waals surface area contributed by atoms with Gasteiger partial charge in [-0.1, -0.05) is 6.92 Å². The summed E-state index contributed by atoms with van der Waals surface area (Å²) in [5, 5.41) is 20.4. The quantitative estimate of drug-likeness (QED) is 0.850. The topological polar surface area (TPSA) is 99.4 Å². The van der Waals surface area contributed by atoms with E-state index in [-0.39, 0.29) is 6.54 Å². The zero-order chi connectivity index (χ0) is 15.4. The average Bonchev–Trinajstić information content (AvgIpc) is 2.94. The molecule has 0 saturated heterocycles. The maximum absolute atomic E-state index is 11.0. The average molecular weight is 292 g/mol. The first-order chi connectivity index (χ1) is 10.1. The molecule has 112 valence electrons. The lowest BCUT2D eigenvalue weighted by molar-refractivity contribution is -0.141. The molecule has 0 fully saturated rings. The van der Waals surface area contributed by atoms with E-state index in [0.29, 0.717) is 22.9 Å². The third kappa shape index (κ3) is 3.10. The molecule has 0 aliphatic heterocycles. The molecule has 0 aliphatic carbocycles. The number of carbonyl (C=O) groups is 1. The van der Waals surface area contributed by atoms with Gasteiger partial charge in [0.2, 0.25) is 0 Å². The second kappa shape index (κ2) is 6.21. The maximum Gasteiger partial charge on any atom is 0.308 e. The summed E-state index contributed by atoms with van der Waals surface area (Å²) in [5.74, 6) is 0.138. The summed E-state index contributed by atoms with van der Waals surface area (Å²) in [7, 11) is 3.10. The van der Waals surface area contributed by atoms with Crippen molar-refractivity contribution >= 4 is 5.97 Å². The fourth-order valence-corrected chi connectivity index (χ4v) is 1.84. The Morgan fingerprint density at radius 3 is 2.76 bits per heavy atom. The SMILES string of the molecule is COc1ccc(-c2nnnn2CC(C)C(=O)O)c(OC)c1. The van der Waals surface area contributed by atoms with E-state index < -0.39 is 11.9 Å². The zero-order valence-electron chi connectivity index (χ0n) is 12.0. The number of benzene rings is 1. The van der Waals surface area contributed by atoms with Crippen LogP contribution in [0.25, 0.3) is 11.4 Å². The highest BCUT2D eigenvalue weighted by Crippen LogP contribution is 2.31. The van der Waals surface area contributed by atoms with Crippen molar-refractivity contribution in [3.05, 3.63) is 18.2 Å². The highest BCUT2D eigenvalue weighted by atomic mass is 16.5. The number of tetrazole rings is 1. The van der Waals surface area contributed by atoms with Gasteiger partial charge in [0.05, 0.1) is 32.2 Å². The number of carboxylic acid groups (broad SMARTS) is 1. The first-order valence-electron chi connectivity index (χ1n) is 6.28. The van der Waals surface area contributed by atoms with Crippen LogP contribution < -0.4 is 9.47 Å². The molecule has 0 radical (unpaired) electrons. The third-order valence-corrected chi connectivity index (χ3v) is 3.05. The van der Waals surface area contributed by atoms with Gasteiger partial charge >= 0.3 is 5.97 Å². The number of methoxy groups -OCH3 is 2. The molecule has 1 heterocycles. The van der Waals surface area contributed by atoms with Crippen molar-refractivity contribution in [2.75, 3.05) is 14.2 Å². The van der Waals surface area contributed by atoms with E-state index in [9.17, 15) is 4.79 Å². The highest BCUT2D eigenvalue weighted by molar-refractivity contribution is 5.70. The number of aromatic nitrogens is 4. The molecule has 0 bridgehead atoms. The van der Waals surface area contributed by atoms with Gasteiger partial charge in [-0.25, -0.2) is 4.68 Å². The minimum absolute atomic E-state index is 0.173. The van der Waals surface area contributed by atoms with Crippen molar-refractivity contribution in [3.63, 3.8) is 0 Å². The van der Waals surface area contributed by atoms with Gasteiger partial charge in [0.1, 0.15) is 11.5 Å². The molecule has 2 rings (SSSR count). The molecule has 1 aromatic carbocycles. The number of hydrogen-bond donors (Lipinski definition) is 1. The number of ether oxygens (including phenoxy) is 2. The predicted molar refractivity (Wildman–Crippen MR) is 73.2 cm³/mol. The molecular formula is C13H16N4O4. The smallest absolute Gasteiger partial charge is 0.308 e. The Hall–Kier alpha value is -2.64.